The van der Waals surface area contributed by atoms with Gasteiger partial charge in [-0.15, -0.1) is 0 Å². The maximum absolute atomic E-state index is 5.39. The van der Waals surface area contributed by atoms with Crippen LogP contribution in [0.3, 0.4) is 0 Å². The van der Waals surface area contributed by atoms with Crippen LogP contribution in [0.15, 0.2) is 12.2 Å². The molecule has 0 aromatic rings. The molecule has 2 nitrogen and oxygen atoms in total. The molecule has 0 aliphatic carbocycles. The van der Waals surface area contributed by atoms with Gasteiger partial charge in [-0.1, -0.05) is 26.0 Å². The highest BCUT2D eigenvalue weighted by Gasteiger charge is 2.02. The molecule has 0 aromatic heterocycles. The molecule has 0 fully saturated rings. The van der Waals surface area contributed by atoms with E-state index in [0.29, 0.717) is 12.6 Å². The summed E-state index contributed by atoms with van der Waals surface area (Å²) in [5.41, 5.74) is 1.08. The van der Waals surface area contributed by atoms with E-state index in [0.717, 1.165) is 24.6 Å². The van der Waals surface area contributed by atoms with Crippen molar-refractivity contribution in [2.24, 2.45) is 5.92 Å². The lowest BCUT2D eigenvalue weighted by atomic mass is 10.1. The normalized spacial score (nSPS) is 13.2. The van der Waals surface area contributed by atoms with Gasteiger partial charge in [-0.05, 0) is 26.2 Å². The van der Waals surface area contributed by atoms with Crippen molar-refractivity contribution >= 4 is 0 Å². The molecule has 0 spiro atoms. The monoisotopic (exact) mass is 199 g/mol. The lowest BCUT2D eigenvalue weighted by Crippen LogP contribution is -2.30. The molecule has 0 aromatic carbocycles. The van der Waals surface area contributed by atoms with Crippen LogP contribution in [-0.2, 0) is 4.74 Å². The van der Waals surface area contributed by atoms with Gasteiger partial charge < -0.3 is 10.1 Å². The third kappa shape index (κ3) is 9.75. The summed E-state index contributed by atoms with van der Waals surface area (Å²) in [6.45, 7) is 14.9. The van der Waals surface area contributed by atoms with E-state index in [-0.39, 0.29) is 0 Å². The zero-order valence-electron chi connectivity index (χ0n) is 10.1. The number of rotatable bonds is 8. The van der Waals surface area contributed by atoms with Gasteiger partial charge in [-0.2, -0.15) is 0 Å². The molecule has 0 amide bonds. The summed E-state index contributed by atoms with van der Waals surface area (Å²) in [6, 6.07) is 0.587. The summed E-state index contributed by atoms with van der Waals surface area (Å²) in [5, 5.41) is 3.43. The van der Waals surface area contributed by atoms with Gasteiger partial charge in [-0.3, -0.25) is 0 Å². The van der Waals surface area contributed by atoms with Crippen LogP contribution in [0.5, 0.6) is 0 Å². The second-order valence-corrected chi connectivity index (χ2v) is 4.49. The lowest BCUT2D eigenvalue weighted by molar-refractivity contribution is 0.155. The van der Waals surface area contributed by atoms with E-state index < -0.39 is 0 Å². The summed E-state index contributed by atoms with van der Waals surface area (Å²) in [5.74, 6) is 0.758. The Morgan fingerprint density at radius 3 is 2.50 bits per heavy atom. The third-order valence-corrected chi connectivity index (χ3v) is 1.91. The molecule has 0 bridgehead atoms. The predicted molar refractivity (Wildman–Crippen MR) is 62.6 cm³/mol. The molecule has 0 aliphatic rings. The van der Waals surface area contributed by atoms with Gasteiger partial charge in [-0.25, -0.2) is 0 Å². The van der Waals surface area contributed by atoms with E-state index in [1.807, 2.05) is 6.92 Å². The van der Waals surface area contributed by atoms with Gasteiger partial charge in [0.05, 0.1) is 13.2 Å². The van der Waals surface area contributed by atoms with Crippen molar-refractivity contribution in [1.29, 1.82) is 0 Å². The number of hydrogen-bond donors (Lipinski definition) is 1. The molecule has 0 saturated heterocycles. The molecular weight excluding hydrogens is 174 g/mol. The Balaban J connectivity index is 3.23. The first-order valence-electron chi connectivity index (χ1n) is 5.48. The zero-order valence-corrected chi connectivity index (χ0v) is 10.1. The molecule has 84 valence electrons. The van der Waals surface area contributed by atoms with Crippen LogP contribution in [0.1, 0.15) is 34.1 Å². The Labute approximate surface area is 88.7 Å². The predicted octanol–water partition coefficient (Wildman–Crippen LogP) is 2.60. The zero-order chi connectivity index (χ0) is 11.0. The average molecular weight is 199 g/mol. The highest BCUT2D eigenvalue weighted by molar-refractivity contribution is 4.87. The molecule has 1 unspecified atom stereocenters. The second-order valence-electron chi connectivity index (χ2n) is 4.49. The molecule has 1 N–H and O–H groups in total. The summed E-state index contributed by atoms with van der Waals surface area (Å²) in [7, 11) is 0. The van der Waals surface area contributed by atoms with Crippen molar-refractivity contribution in [2.45, 2.75) is 40.2 Å². The van der Waals surface area contributed by atoms with Gasteiger partial charge in [0, 0.05) is 12.6 Å². The standard InChI is InChI=1S/C12H25NO/c1-10(2)8-12(5)13-6-7-14-9-11(3)4/h10,12-13H,3,6-9H2,1-2,4-5H3. The minimum Gasteiger partial charge on any atom is -0.376 e. The van der Waals surface area contributed by atoms with Crippen molar-refractivity contribution in [2.75, 3.05) is 19.8 Å². The van der Waals surface area contributed by atoms with Gasteiger partial charge in [0.1, 0.15) is 0 Å². The highest BCUT2D eigenvalue weighted by atomic mass is 16.5. The van der Waals surface area contributed by atoms with Gasteiger partial charge in [0.2, 0.25) is 0 Å². The Bertz CT molecular complexity index is 154. The topological polar surface area (TPSA) is 21.3 Å². The Hall–Kier alpha value is -0.340. The van der Waals surface area contributed by atoms with Crippen LogP contribution in [0.4, 0.5) is 0 Å². The first kappa shape index (κ1) is 13.7. The molecular formula is C12H25NO. The van der Waals surface area contributed by atoms with E-state index in [1.165, 1.54) is 6.42 Å². The van der Waals surface area contributed by atoms with Crippen LogP contribution in [-0.4, -0.2) is 25.8 Å². The van der Waals surface area contributed by atoms with Crippen LogP contribution >= 0.6 is 0 Å². The fourth-order valence-electron chi connectivity index (χ4n) is 1.41. The first-order chi connectivity index (χ1) is 6.52. The maximum atomic E-state index is 5.39. The smallest absolute Gasteiger partial charge is 0.0672 e. The molecule has 0 radical (unpaired) electrons. The minimum atomic E-state index is 0.587. The van der Waals surface area contributed by atoms with Crippen molar-refractivity contribution in [3.05, 3.63) is 12.2 Å². The molecule has 0 heterocycles. The summed E-state index contributed by atoms with van der Waals surface area (Å²) >= 11 is 0. The Morgan fingerprint density at radius 1 is 1.36 bits per heavy atom. The van der Waals surface area contributed by atoms with Crippen LogP contribution < -0.4 is 5.32 Å². The summed E-state index contributed by atoms with van der Waals surface area (Å²) in [4.78, 5) is 0. The molecule has 0 rings (SSSR count). The number of hydrogen-bond acceptors (Lipinski definition) is 2. The Morgan fingerprint density at radius 2 is 2.00 bits per heavy atom. The van der Waals surface area contributed by atoms with Crippen molar-refractivity contribution in [3.8, 4) is 0 Å². The second kappa shape index (κ2) is 8.01. The van der Waals surface area contributed by atoms with Crippen molar-refractivity contribution < 1.29 is 4.74 Å². The minimum absolute atomic E-state index is 0.587. The molecule has 0 aliphatic heterocycles. The Kier molecular flexibility index (Phi) is 7.81. The van der Waals surface area contributed by atoms with Crippen LogP contribution in [0.2, 0.25) is 0 Å². The fourth-order valence-corrected chi connectivity index (χ4v) is 1.41. The van der Waals surface area contributed by atoms with Gasteiger partial charge >= 0.3 is 0 Å². The van der Waals surface area contributed by atoms with Gasteiger partial charge in [0.25, 0.3) is 0 Å². The van der Waals surface area contributed by atoms with Crippen molar-refractivity contribution in [3.63, 3.8) is 0 Å². The van der Waals surface area contributed by atoms with Crippen molar-refractivity contribution in [1.82, 2.24) is 5.32 Å². The van der Waals surface area contributed by atoms with E-state index >= 15 is 0 Å². The molecule has 2 heteroatoms. The van der Waals surface area contributed by atoms with E-state index in [1.54, 1.807) is 0 Å². The van der Waals surface area contributed by atoms with E-state index in [9.17, 15) is 0 Å². The van der Waals surface area contributed by atoms with Crippen LogP contribution in [0, 0.1) is 5.92 Å². The maximum Gasteiger partial charge on any atom is 0.0672 e. The van der Waals surface area contributed by atoms with Gasteiger partial charge in [0.15, 0.2) is 0 Å². The number of ether oxygens (including phenoxy) is 1. The quantitative estimate of drug-likeness (QED) is 0.479. The summed E-state index contributed by atoms with van der Waals surface area (Å²) < 4.78 is 5.39. The van der Waals surface area contributed by atoms with Crippen LogP contribution in [0.25, 0.3) is 0 Å². The van der Waals surface area contributed by atoms with E-state index in [4.69, 9.17) is 4.74 Å². The highest BCUT2D eigenvalue weighted by Crippen LogP contribution is 2.03. The van der Waals surface area contributed by atoms with E-state index in [2.05, 4.69) is 32.7 Å². The number of nitrogens with one attached hydrogen (secondary N) is 1. The average Bonchev–Trinajstić information content (AvgIpc) is 2.01. The summed E-state index contributed by atoms with van der Waals surface area (Å²) in [6.07, 6.45) is 1.22. The first-order valence-corrected chi connectivity index (χ1v) is 5.48. The molecule has 0 saturated carbocycles. The molecule has 1 atom stereocenters. The SMILES string of the molecule is C=C(C)COCCNC(C)CC(C)C. The fraction of sp³-hybridized carbons (Fsp3) is 0.833. The molecule has 14 heavy (non-hydrogen) atoms. The third-order valence-electron chi connectivity index (χ3n) is 1.91. The lowest BCUT2D eigenvalue weighted by Gasteiger charge is -2.15. The largest absolute Gasteiger partial charge is 0.376 e.